The Balaban J connectivity index is 1.28. The van der Waals surface area contributed by atoms with Crippen molar-refractivity contribution in [3.63, 3.8) is 0 Å². The molecular weight excluding hydrogens is 346 g/mol. The number of rotatable bonds is 6. The second kappa shape index (κ2) is 7.89. The van der Waals surface area contributed by atoms with Crippen LogP contribution in [0.15, 0.2) is 48.5 Å². The van der Waals surface area contributed by atoms with Gasteiger partial charge in [-0.15, -0.1) is 0 Å². The van der Waals surface area contributed by atoms with Gasteiger partial charge < -0.3 is 9.84 Å². The van der Waals surface area contributed by atoms with E-state index in [1.807, 2.05) is 24.3 Å². The van der Waals surface area contributed by atoms with Gasteiger partial charge in [0.2, 0.25) is 0 Å². The molecule has 26 heavy (non-hydrogen) atoms. The minimum Gasteiger partial charge on any atom is -0.508 e. The highest BCUT2D eigenvalue weighted by molar-refractivity contribution is 6.30. The fourth-order valence-electron chi connectivity index (χ4n) is 4.68. The molecule has 2 aliphatic heterocycles. The lowest BCUT2D eigenvalue weighted by atomic mass is 9.86. The van der Waals surface area contributed by atoms with E-state index >= 15 is 0 Å². The van der Waals surface area contributed by atoms with Crippen LogP contribution in [0.25, 0.3) is 0 Å². The van der Waals surface area contributed by atoms with Gasteiger partial charge in [0.05, 0.1) is 0 Å². The maximum absolute atomic E-state index is 9.34. The SMILES string of the molecule is Oc1ccc(OCCN2C3CCC2CC(Cc2ccc(Cl)cc2)C3)cc1. The minimum atomic E-state index is 0.276. The number of hydrogen-bond donors (Lipinski definition) is 1. The molecule has 2 atom stereocenters. The molecule has 2 aliphatic rings. The molecule has 4 heteroatoms. The van der Waals surface area contributed by atoms with Crippen molar-refractivity contribution >= 4 is 11.6 Å². The lowest BCUT2D eigenvalue weighted by Crippen LogP contribution is -2.45. The first kappa shape index (κ1) is 17.7. The second-order valence-electron chi connectivity index (χ2n) is 7.63. The first-order chi connectivity index (χ1) is 12.7. The van der Waals surface area contributed by atoms with Crippen LogP contribution in [0.5, 0.6) is 11.5 Å². The minimum absolute atomic E-state index is 0.276. The molecule has 2 aromatic carbocycles. The highest BCUT2D eigenvalue weighted by Gasteiger charge is 2.40. The number of phenols is 1. The van der Waals surface area contributed by atoms with Crippen LogP contribution in [0.4, 0.5) is 0 Å². The number of benzene rings is 2. The topological polar surface area (TPSA) is 32.7 Å². The summed E-state index contributed by atoms with van der Waals surface area (Å²) in [6.07, 6.45) is 6.39. The van der Waals surface area contributed by atoms with Gasteiger partial charge in [-0.25, -0.2) is 0 Å². The van der Waals surface area contributed by atoms with Crippen molar-refractivity contribution in [3.8, 4) is 11.5 Å². The third kappa shape index (κ3) is 4.16. The van der Waals surface area contributed by atoms with Gasteiger partial charge >= 0.3 is 0 Å². The van der Waals surface area contributed by atoms with E-state index < -0.39 is 0 Å². The molecule has 0 amide bonds. The summed E-state index contributed by atoms with van der Waals surface area (Å²) < 4.78 is 5.86. The van der Waals surface area contributed by atoms with E-state index in [0.29, 0.717) is 18.7 Å². The molecule has 2 saturated heterocycles. The van der Waals surface area contributed by atoms with Crippen molar-refractivity contribution in [2.24, 2.45) is 5.92 Å². The predicted octanol–water partition coefficient (Wildman–Crippen LogP) is 4.91. The van der Waals surface area contributed by atoms with Crippen LogP contribution >= 0.6 is 11.6 Å². The quantitative estimate of drug-likeness (QED) is 0.783. The van der Waals surface area contributed by atoms with Crippen molar-refractivity contribution in [2.45, 2.75) is 44.2 Å². The molecule has 2 heterocycles. The molecule has 0 radical (unpaired) electrons. The van der Waals surface area contributed by atoms with E-state index in [1.54, 1.807) is 12.1 Å². The van der Waals surface area contributed by atoms with Crippen molar-refractivity contribution in [1.82, 2.24) is 4.90 Å². The summed E-state index contributed by atoms with van der Waals surface area (Å²) in [5.74, 6) is 1.88. The van der Waals surface area contributed by atoms with Crippen molar-refractivity contribution in [2.75, 3.05) is 13.2 Å². The monoisotopic (exact) mass is 371 g/mol. The summed E-state index contributed by atoms with van der Waals surface area (Å²) in [6, 6.07) is 16.7. The molecule has 4 rings (SSSR count). The van der Waals surface area contributed by atoms with Gasteiger partial charge in [-0.2, -0.15) is 0 Å². The Labute approximate surface area is 160 Å². The maximum atomic E-state index is 9.34. The fourth-order valence-corrected chi connectivity index (χ4v) is 4.81. The summed E-state index contributed by atoms with van der Waals surface area (Å²) in [4.78, 5) is 2.67. The molecule has 2 unspecified atom stereocenters. The third-order valence-electron chi connectivity index (χ3n) is 5.87. The van der Waals surface area contributed by atoms with Crippen LogP contribution in [0.3, 0.4) is 0 Å². The highest BCUT2D eigenvalue weighted by atomic mass is 35.5. The van der Waals surface area contributed by atoms with Gasteiger partial charge in [-0.05, 0) is 80.0 Å². The average Bonchev–Trinajstić information content (AvgIpc) is 2.87. The largest absolute Gasteiger partial charge is 0.508 e. The Hall–Kier alpha value is -1.71. The molecule has 0 aromatic heterocycles. The van der Waals surface area contributed by atoms with Crippen LogP contribution in [-0.2, 0) is 6.42 Å². The average molecular weight is 372 g/mol. The number of halogens is 1. The van der Waals surface area contributed by atoms with Crippen molar-refractivity contribution in [3.05, 3.63) is 59.1 Å². The van der Waals surface area contributed by atoms with E-state index in [2.05, 4.69) is 17.0 Å². The number of phenolic OH excluding ortho intramolecular Hbond substituents is 1. The number of nitrogens with zero attached hydrogens (tertiary/aromatic N) is 1. The molecule has 2 fully saturated rings. The number of piperidine rings is 1. The summed E-state index contributed by atoms with van der Waals surface area (Å²) >= 11 is 6.00. The van der Waals surface area contributed by atoms with E-state index in [1.165, 1.54) is 37.7 Å². The van der Waals surface area contributed by atoms with Crippen LogP contribution in [0.2, 0.25) is 5.02 Å². The first-order valence-electron chi connectivity index (χ1n) is 9.59. The van der Waals surface area contributed by atoms with Crippen LogP contribution in [0, 0.1) is 5.92 Å². The highest BCUT2D eigenvalue weighted by Crippen LogP contribution is 2.39. The molecule has 2 aromatic rings. The van der Waals surface area contributed by atoms with E-state index in [0.717, 1.165) is 23.2 Å². The smallest absolute Gasteiger partial charge is 0.119 e. The summed E-state index contributed by atoms with van der Waals surface area (Å²) in [7, 11) is 0. The maximum Gasteiger partial charge on any atom is 0.119 e. The molecule has 3 nitrogen and oxygen atoms in total. The Morgan fingerprint density at radius 2 is 1.62 bits per heavy atom. The van der Waals surface area contributed by atoms with E-state index in [4.69, 9.17) is 16.3 Å². The summed E-state index contributed by atoms with van der Waals surface area (Å²) in [5.41, 5.74) is 1.41. The van der Waals surface area contributed by atoms with Gasteiger partial charge in [-0.1, -0.05) is 23.7 Å². The molecule has 2 bridgehead atoms. The first-order valence-corrected chi connectivity index (χ1v) is 9.97. The van der Waals surface area contributed by atoms with Gasteiger partial charge in [0.1, 0.15) is 18.1 Å². The zero-order chi connectivity index (χ0) is 17.9. The molecule has 0 saturated carbocycles. The molecular formula is C22H26ClNO2. The van der Waals surface area contributed by atoms with Gasteiger partial charge in [0.25, 0.3) is 0 Å². The zero-order valence-electron chi connectivity index (χ0n) is 15.0. The van der Waals surface area contributed by atoms with Crippen LogP contribution < -0.4 is 4.74 Å². The van der Waals surface area contributed by atoms with Crippen molar-refractivity contribution in [1.29, 1.82) is 0 Å². The Morgan fingerprint density at radius 1 is 0.962 bits per heavy atom. The third-order valence-corrected chi connectivity index (χ3v) is 6.13. The van der Waals surface area contributed by atoms with Crippen molar-refractivity contribution < 1.29 is 9.84 Å². The lowest BCUT2D eigenvalue weighted by molar-refractivity contribution is 0.0867. The Bertz CT molecular complexity index is 702. The van der Waals surface area contributed by atoms with E-state index in [-0.39, 0.29) is 5.75 Å². The molecule has 138 valence electrons. The predicted molar refractivity (Wildman–Crippen MR) is 105 cm³/mol. The van der Waals surface area contributed by atoms with Gasteiger partial charge in [0, 0.05) is 23.7 Å². The summed E-state index contributed by atoms with van der Waals surface area (Å²) in [6.45, 7) is 1.70. The van der Waals surface area contributed by atoms with Crippen LogP contribution in [0.1, 0.15) is 31.2 Å². The molecule has 0 spiro atoms. The number of hydrogen-bond acceptors (Lipinski definition) is 3. The molecule has 1 N–H and O–H groups in total. The number of aromatic hydroxyl groups is 1. The lowest BCUT2D eigenvalue weighted by Gasteiger charge is -2.39. The standard InChI is InChI=1S/C22H26ClNO2/c23-18-3-1-16(2-4-18)13-17-14-19-5-6-20(15-17)24(19)11-12-26-22-9-7-21(25)8-10-22/h1-4,7-10,17,19-20,25H,5-6,11-15H2. The zero-order valence-corrected chi connectivity index (χ0v) is 15.7. The number of fused-ring (bicyclic) bond motifs is 2. The van der Waals surface area contributed by atoms with Gasteiger partial charge in [-0.3, -0.25) is 4.90 Å². The normalized spacial score (nSPS) is 25.3. The van der Waals surface area contributed by atoms with Crippen LogP contribution in [-0.4, -0.2) is 35.2 Å². The Morgan fingerprint density at radius 3 is 2.27 bits per heavy atom. The van der Waals surface area contributed by atoms with E-state index in [9.17, 15) is 5.11 Å². The Kier molecular flexibility index (Phi) is 5.37. The second-order valence-corrected chi connectivity index (χ2v) is 8.07. The van der Waals surface area contributed by atoms with Gasteiger partial charge in [0.15, 0.2) is 0 Å². The number of ether oxygens (including phenoxy) is 1. The fraction of sp³-hybridized carbons (Fsp3) is 0.455. The summed E-state index contributed by atoms with van der Waals surface area (Å²) in [5, 5.41) is 10.2. The molecule has 0 aliphatic carbocycles.